The van der Waals surface area contributed by atoms with Crippen LogP contribution in [0.2, 0.25) is 0 Å². The predicted octanol–water partition coefficient (Wildman–Crippen LogP) is 1.40. The fourth-order valence-electron chi connectivity index (χ4n) is 2.14. The van der Waals surface area contributed by atoms with E-state index in [0.717, 1.165) is 22.7 Å². The van der Waals surface area contributed by atoms with E-state index < -0.39 is 9.84 Å². The van der Waals surface area contributed by atoms with E-state index in [1.165, 1.54) is 6.26 Å². The number of thioether (sulfide) groups is 1. The first-order chi connectivity index (χ1) is 10.0. The highest BCUT2D eigenvalue weighted by atomic mass is 32.2. The maximum Gasteiger partial charge on any atom is 0.164 e. The van der Waals surface area contributed by atoms with E-state index >= 15 is 0 Å². The van der Waals surface area contributed by atoms with E-state index in [1.807, 2.05) is 16.3 Å². The van der Waals surface area contributed by atoms with Crippen LogP contribution in [-0.4, -0.2) is 54.7 Å². The minimum atomic E-state index is -3.05. The van der Waals surface area contributed by atoms with Crippen LogP contribution in [0.5, 0.6) is 0 Å². The molecule has 2 rings (SSSR count). The monoisotopic (exact) mass is 345 g/mol. The topological polar surface area (TPSA) is 57.6 Å². The summed E-state index contributed by atoms with van der Waals surface area (Å²) in [6, 6.07) is 2.01. The fourth-order valence-corrected chi connectivity index (χ4v) is 5.92. The molecular weight excluding hydrogens is 326 g/mol. The van der Waals surface area contributed by atoms with Crippen LogP contribution < -0.4 is 0 Å². The maximum absolute atomic E-state index is 11.9. The quantitative estimate of drug-likeness (QED) is 0.836. The van der Waals surface area contributed by atoms with Gasteiger partial charge in [-0.1, -0.05) is 11.8 Å². The van der Waals surface area contributed by atoms with Crippen LogP contribution in [0.1, 0.15) is 16.9 Å². The lowest BCUT2D eigenvalue weighted by atomic mass is 10.3. The Morgan fingerprint density at radius 3 is 3.05 bits per heavy atom. The highest BCUT2D eigenvalue weighted by molar-refractivity contribution is 8.00. The Morgan fingerprint density at radius 1 is 1.52 bits per heavy atom. The molecule has 1 N–H and O–H groups in total. The second kappa shape index (κ2) is 7.65. The molecule has 0 aliphatic carbocycles. The second-order valence-corrected chi connectivity index (χ2v) is 9.26. The summed E-state index contributed by atoms with van der Waals surface area (Å²) in [5.74, 6) is 7.52. The molecule has 7 heteroatoms. The van der Waals surface area contributed by atoms with E-state index in [0.29, 0.717) is 18.7 Å². The highest BCUT2D eigenvalue weighted by Gasteiger charge is 2.30. The van der Waals surface area contributed by atoms with Gasteiger partial charge in [-0.25, -0.2) is 8.42 Å². The summed E-state index contributed by atoms with van der Waals surface area (Å²) in [6.45, 7) is 1.53. The van der Waals surface area contributed by atoms with Gasteiger partial charge in [0.2, 0.25) is 0 Å². The highest BCUT2D eigenvalue weighted by Crippen LogP contribution is 2.24. The van der Waals surface area contributed by atoms with Crippen LogP contribution in [0, 0.1) is 11.8 Å². The SMILES string of the molecule is CS(=O)(=O)C1CSCCN1Cc1cc(C#CCCO)cs1. The van der Waals surface area contributed by atoms with Gasteiger partial charge in [0.25, 0.3) is 0 Å². The number of aliphatic hydroxyl groups excluding tert-OH is 1. The zero-order valence-corrected chi connectivity index (χ0v) is 14.4. The van der Waals surface area contributed by atoms with Crippen molar-refractivity contribution in [3.8, 4) is 11.8 Å². The zero-order chi connectivity index (χ0) is 15.3. The van der Waals surface area contributed by atoms with Gasteiger partial charge in [-0.3, -0.25) is 4.90 Å². The number of sulfone groups is 1. The summed E-state index contributed by atoms with van der Waals surface area (Å²) >= 11 is 3.31. The molecule has 116 valence electrons. The van der Waals surface area contributed by atoms with Gasteiger partial charge in [-0.05, 0) is 6.07 Å². The molecule has 1 aromatic rings. The Labute approximate surface area is 134 Å². The van der Waals surface area contributed by atoms with Crippen molar-refractivity contribution in [3.05, 3.63) is 21.9 Å². The van der Waals surface area contributed by atoms with Crippen molar-refractivity contribution in [1.82, 2.24) is 4.90 Å². The Kier molecular flexibility index (Phi) is 6.14. The standard InChI is InChI=1S/C14H19NO3S3/c1-21(17,18)14-11-19-7-5-15(14)9-13-8-12(10-20-13)4-2-3-6-16/h8,10,14,16H,3,5-7,9,11H2,1H3. The summed E-state index contributed by atoms with van der Waals surface area (Å²) in [6.07, 6.45) is 1.79. The van der Waals surface area contributed by atoms with Gasteiger partial charge in [-0.2, -0.15) is 11.8 Å². The lowest BCUT2D eigenvalue weighted by Gasteiger charge is -2.33. The lowest BCUT2D eigenvalue weighted by Crippen LogP contribution is -2.46. The molecule has 21 heavy (non-hydrogen) atoms. The molecule has 1 aliphatic rings. The van der Waals surface area contributed by atoms with Crippen LogP contribution in [-0.2, 0) is 16.4 Å². The van der Waals surface area contributed by atoms with E-state index in [2.05, 4.69) is 11.8 Å². The molecule has 0 radical (unpaired) electrons. The van der Waals surface area contributed by atoms with E-state index in [9.17, 15) is 8.42 Å². The van der Waals surface area contributed by atoms with Gasteiger partial charge in [0.15, 0.2) is 9.84 Å². The van der Waals surface area contributed by atoms with Crippen molar-refractivity contribution in [1.29, 1.82) is 0 Å². The molecule has 1 unspecified atom stereocenters. The minimum absolute atomic E-state index is 0.0749. The molecule has 4 nitrogen and oxygen atoms in total. The third-order valence-electron chi connectivity index (χ3n) is 3.17. The minimum Gasteiger partial charge on any atom is -0.395 e. The summed E-state index contributed by atoms with van der Waals surface area (Å²) in [4.78, 5) is 3.17. The van der Waals surface area contributed by atoms with Crippen LogP contribution in [0.4, 0.5) is 0 Å². The number of rotatable bonds is 4. The van der Waals surface area contributed by atoms with E-state index in [4.69, 9.17) is 5.11 Å². The predicted molar refractivity (Wildman–Crippen MR) is 89.3 cm³/mol. The zero-order valence-electron chi connectivity index (χ0n) is 11.9. The van der Waals surface area contributed by atoms with Gasteiger partial charge in [-0.15, -0.1) is 11.3 Å². The number of hydrogen-bond acceptors (Lipinski definition) is 6. The number of aliphatic hydroxyl groups is 1. The molecule has 0 bridgehead atoms. The first-order valence-corrected chi connectivity index (χ1v) is 10.7. The van der Waals surface area contributed by atoms with Crippen molar-refractivity contribution >= 4 is 32.9 Å². The average molecular weight is 346 g/mol. The molecule has 0 amide bonds. The molecule has 1 aromatic heterocycles. The number of hydrogen-bond donors (Lipinski definition) is 1. The van der Waals surface area contributed by atoms with Crippen LogP contribution in [0.3, 0.4) is 0 Å². The second-order valence-electron chi connectivity index (χ2n) is 4.91. The third kappa shape index (κ3) is 5.01. The van der Waals surface area contributed by atoms with Crippen LogP contribution >= 0.6 is 23.1 Å². The fraction of sp³-hybridized carbons (Fsp3) is 0.571. The van der Waals surface area contributed by atoms with E-state index in [-0.39, 0.29) is 12.0 Å². The normalized spacial score (nSPS) is 20.0. The smallest absolute Gasteiger partial charge is 0.164 e. The van der Waals surface area contributed by atoms with Crippen molar-refractivity contribution in [2.75, 3.05) is 30.9 Å². The summed E-state index contributed by atoms with van der Waals surface area (Å²) in [7, 11) is -3.05. The van der Waals surface area contributed by atoms with Gasteiger partial charge in [0.1, 0.15) is 5.37 Å². The largest absolute Gasteiger partial charge is 0.395 e. The molecule has 1 aliphatic heterocycles. The molecule has 1 saturated heterocycles. The molecule has 1 fully saturated rings. The maximum atomic E-state index is 11.9. The molecule has 2 heterocycles. The number of thiophene rings is 1. The first kappa shape index (κ1) is 16.8. The van der Waals surface area contributed by atoms with Crippen LogP contribution in [0.25, 0.3) is 0 Å². The molecule has 0 saturated carbocycles. The third-order valence-corrected chi connectivity index (χ3v) is 6.78. The van der Waals surface area contributed by atoms with E-state index in [1.54, 1.807) is 23.1 Å². The van der Waals surface area contributed by atoms with Crippen molar-refractivity contribution in [2.45, 2.75) is 18.3 Å². The molecule has 0 aromatic carbocycles. The van der Waals surface area contributed by atoms with Gasteiger partial charge in [0.05, 0.1) is 6.61 Å². The van der Waals surface area contributed by atoms with Gasteiger partial charge >= 0.3 is 0 Å². The lowest BCUT2D eigenvalue weighted by molar-refractivity contribution is 0.264. The van der Waals surface area contributed by atoms with Crippen molar-refractivity contribution < 1.29 is 13.5 Å². The van der Waals surface area contributed by atoms with Crippen LogP contribution in [0.15, 0.2) is 11.4 Å². The molecule has 0 spiro atoms. The molecule has 1 atom stereocenters. The van der Waals surface area contributed by atoms with Gasteiger partial charge in [0, 0.05) is 53.1 Å². The Morgan fingerprint density at radius 2 is 2.33 bits per heavy atom. The number of nitrogens with zero attached hydrogens (tertiary/aromatic N) is 1. The first-order valence-electron chi connectivity index (χ1n) is 6.68. The van der Waals surface area contributed by atoms with Crippen molar-refractivity contribution in [2.24, 2.45) is 0 Å². The Balaban J connectivity index is 2.05. The van der Waals surface area contributed by atoms with Gasteiger partial charge < -0.3 is 5.11 Å². The van der Waals surface area contributed by atoms with Crippen molar-refractivity contribution in [3.63, 3.8) is 0 Å². The average Bonchev–Trinajstić information content (AvgIpc) is 2.86. The summed E-state index contributed by atoms with van der Waals surface area (Å²) < 4.78 is 23.7. The summed E-state index contributed by atoms with van der Waals surface area (Å²) in [5.41, 5.74) is 0.936. The Bertz CT molecular complexity index is 627. The summed E-state index contributed by atoms with van der Waals surface area (Å²) in [5, 5.41) is 10.3. The molecular formula is C14H19NO3S3. The Hall–Kier alpha value is -0.520.